The minimum Gasteiger partial charge on any atom is -0.468 e. The van der Waals surface area contributed by atoms with E-state index in [1.54, 1.807) is 0 Å². The maximum Gasteiger partial charge on any atom is 0.319 e. The summed E-state index contributed by atoms with van der Waals surface area (Å²) in [5.74, 6) is -0.00931. The van der Waals surface area contributed by atoms with Gasteiger partial charge in [0.1, 0.15) is 0 Å². The van der Waals surface area contributed by atoms with Crippen LogP contribution in [0.5, 0.6) is 0 Å². The fourth-order valence-electron chi connectivity index (χ4n) is 3.93. The molecule has 2 fully saturated rings. The lowest BCUT2D eigenvalue weighted by atomic mass is 9.81. The van der Waals surface area contributed by atoms with Crippen LogP contribution in [-0.4, -0.2) is 61.0 Å². The normalized spacial score (nSPS) is 24.2. The predicted octanol–water partition coefficient (Wildman–Crippen LogP) is 1.64. The van der Waals surface area contributed by atoms with Gasteiger partial charge in [-0.3, -0.25) is 14.5 Å². The molecule has 5 nitrogen and oxygen atoms in total. The molecule has 0 saturated carbocycles. The molecule has 1 amide bonds. The van der Waals surface area contributed by atoms with Crippen molar-refractivity contribution in [3.63, 3.8) is 0 Å². The first kappa shape index (κ1) is 16.0. The molecular weight excluding hydrogens is 292 g/mol. The molecule has 23 heavy (non-hydrogen) atoms. The van der Waals surface area contributed by atoms with Gasteiger partial charge in [0.05, 0.1) is 19.6 Å². The summed E-state index contributed by atoms with van der Waals surface area (Å²) in [5.41, 5.74) is 1.04. The maximum absolute atomic E-state index is 12.7. The van der Waals surface area contributed by atoms with Gasteiger partial charge in [-0.05, 0) is 24.8 Å². The number of carbonyl (C=O) groups is 2. The van der Waals surface area contributed by atoms with Crippen LogP contribution in [0.15, 0.2) is 30.3 Å². The molecule has 0 unspecified atom stereocenters. The van der Waals surface area contributed by atoms with E-state index in [1.165, 1.54) is 7.11 Å². The Balaban J connectivity index is 1.69. The highest BCUT2D eigenvalue weighted by molar-refractivity contribution is 5.87. The highest BCUT2D eigenvalue weighted by Crippen LogP contribution is 2.44. The summed E-state index contributed by atoms with van der Waals surface area (Å²) < 4.78 is 4.74. The molecule has 3 rings (SSSR count). The Morgan fingerprint density at radius 2 is 1.91 bits per heavy atom. The number of carbonyl (C=O) groups excluding carboxylic acids is 2. The summed E-state index contributed by atoms with van der Waals surface area (Å²) in [6, 6.07) is 10.1. The molecule has 124 valence electrons. The largest absolute Gasteiger partial charge is 0.468 e. The lowest BCUT2D eigenvalue weighted by Crippen LogP contribution is -2.52. The van der Waals surface area contributed by atoms with E-state index >= 15 is 0 Å². The zero-order valence-electron chi connectivity index (χ0n) is 13.8. The second-order valence-corrected chi connectivity index (χ2v) is 6.64. The number of hydrogen-bond acceptors (Lipinski definition) is 4. The summed E-state index contributed by atoms with van der Waals surface area (Å²) in [6.45, 7) is 1.99. The zero-order chi connectivity index (χ0) is 16.4. The number of nitrogens with zero attached hydrogens (tertiary/aromatic N) is 2. The molecule has 0 aliphatic carbocycles. The van der Waals surface area contributed by atoms with Crippen LogP contribution in [0.4, 0.5) is 0 Å². The number of piperidine rings is 1. The van der Waals surface area contributed by atoms with E-state index in [0.717, 1.165) is 37.9 Å². The standard InChI is InChI=1S/C18H24N2O3/c1-19-17(22)15(14-6-4-3-5-7-14)12-18(19)8-10-20(11-9-18)13-16(21)23-2/h3-7,15H,8-13H2,1-2H3/t15-/m0/s1. The molecule has 0 bridgehead atoms. The van der Waals surface area contributed by atoms with Gasteiger partial charge in [-0.1, -0.05) is 30.3 Å². The van der Waals surface area contributed by atoms with Crippen LogP contribution in [-0.2, 0) is 14.3 Å². The minimum absolute atomic E-state index is 0.0339. The number of amides is 1. The van der Waals surface area contributed by atoms with Gasteiger partial charge >= 0.3 is 5.97 Å². The smallest absolute Gasteiger partial charge is 0.319 e. The Bertz CT molecular complexity index is 579. The number of rotatable bonds is 3. The Morgan fingerprint density at radius 1 is 1.26 bits per heavy atom. The van der Waals surface area contributed by atoms with Crippen molar-refractivity contribution in [2.75, 3.05) is 33.8 Å². The number of methoxy groups -OCH3 is 1. The SMILES string of the molecule is COC(=O)CN1CCC2(CC1)C[C@@H](c1ccccc1)C(=O)N2C. The molecule has 5 heteroatoms. The first-order valence-corrected chi connectivity index (χ1v) is 8.17. The molecule has 1 atom stereocenters. The van der Waals surface area contributed by atoms with Crippen LogP contribution >= 0.6 is 0 Å². The lowest BCUT2D eigenvalue weighted by Gasteiger charge is -2.43. The zero-order valence-corrected chi connectivity index (χ0v) is 13.8. The van der Waals surface area contributed by atoms with Crippen molar-refractivity contribution in [3.8, 4) is 0 Å². The van der Waals surface area contributed by atoms with Crippen molar-refractivity contribution < 1.29 is 14.3 Å². The van der Waals surface area contributed by atoms with E-state index < -0.39 is 0 Å². The van der Waals surface area contributed by atoms with Gasteiger partial charge in [-0.15, -0.1) is 0 Å². The van der Waals surface area contributed by atoms with Crippen LogP contribution < -0.4 is 0 Å². The maximum atomic E-state index is 12.7. The number of ether oxygens (including phenoxy) is 1. The van der Waals surface area contributed by atoms with Gasteiger partial charge in [0.15, 0.2) is 0 Å². The summed E-state index contributed by atoms with van der Waals surface area (Å²) >= 11 is 0. The highest BCUT2D eigenvalue weighted by Gasteiger charge is 2.50. The lowest BCUT2D eigenvalue weighted by molar-refractivity contribution is -0.143. The second-order valence-electron chi connectivity index (χ2n) is 6.64. The van der Waals surface area contributed by atoms with Gasteiger partial charge in [0.2, 0.25) is 5.91 Å². The van der Waals surface area contributed by atoms with Crippen LogP contribution in [0.25, 0.3) is 0 Å². The van der Waals surface area contributed by atoms with Crippen molar-refractivity contribution in [3.05, 3.63) is 35.9 Å². The third-order valence-electron chi connectivity index (χ3n) is 5.49. The van der Waals surface area contributed by atoms with Gasteiger partial charge < -0.3 is 9.64 Å². The van der Waals surface area contributed by atoms with E-state index in [0.29, 0.717) is 6.54 Å². The Labute approximate surface area is 137 Å². The number of benzene rings is 1. The molecule has 2 aliphatic rings. The van der Waals surface area contributed by atoms with E-state index in [4.69, 9.17) is 4.74 Å². The van der Waals surface area contributed by atoms with Crippen LogP contribution in [0.2, 0.25) is 0 Å². The number of likely N-dealkylation sites (N-methyl/N-ethyl adjacent to an activating group) is 1. The van der Waals surface area contributed by atoms with Crippen molar-refractivity contribution in [2.45, 2.75) is 30.7 Å². The number of hydrogen-bond donors (Lipinski definition) is 0. The molecule has 0 radical (unpaired) electrons. The van der Waals surface area contributed by atoms with E-state index in [9.17, 15) is 9.59 Å². The first-order valence-electron chi connectivity index (χ1n) is 8.17. The van der Waals surface area contributed by atoms with E-state index in [1.807, 2.05) is 42.3 Å². The molecule has 1 aromatic rings. The number of likely N-dealkylation sites (tertiary alicyclic amines) is 2. The Kier molecular flexibility index (Phi) is 4.39. The fraction of sp³-hybridized carbons (Fsp3) is 0.556. The highest BCUT2D eigenvalue weighted by atomic mass is 16.5. The van der Waals surface area contributed by atoms with Crippen molar-refractivity contribution in [2.24, 2.45) is 0 Å². The molecular formula is C18H24N2O3. The summed E-state index contributed by atoms with van der Waals surface area (Å²) in [7, 11) is 3.35. The average molecular weight is 316 g/mol. The van der Waals surface area contributed by atoms with Crippen molar-refractivity contribution >= 4 is 11.9 Å². The second kappa shape index (κ2) is 6.32. The molecule has 1 aromatic carbocycles. The first-order chi connectivity index (χ1) is 11.1. The van der Waals surface area contributed by atoms with Crippen molar-refractivity contribution in [1.82, 2.24) is 9.80 Å². The Morgan fingerprint density at radius 3 is 2.52 bits per heavy atom. The Hall–Kier alpha value is -1.88. The molecule has 2 saturated heterocycles. The minimum atomic E-state index is -0.195. The van der Waals surface area contributed by atoms with Gasteiger partial charge in [-0.2, -0.15) is 0 Å². The molecule has 1 spiro atoms. The summed E-state index contributed by atoms with van der Waals surface area (Å²) in [5, 5.41) is 0. The van der Waals surface area contributed by atoms with Crippen LogP contribution in [0.3, 0.4) is 0 Å². The monoisotopic (exact) mass is 316 g/mol. The average Bonchev–Trinajstić information content (AvgIpc) is 2.83. The third-order valence-corrected chi connectivity index (χ3v) is 5.49. The quantitative estimate of drug-likeness (QED) is 0.796. The molecule has 2 heterocycles. The van der Waals surface area contributed by atoms with E-state index in [-0.39, 0.29) is 23.3 Å². The summed E-state index contributed by atoms with van der Waals surface area (Å²) in [6.07, 6.45) is 2.70. The van der Waals surface area contributed by atoms with Gasteiger partial charge in [0, 0.05) is 25.7 Å². The predicted molar refractivity (Wildman–Crippen MR) is 87.0 cm³/mol. The van der Waals surface area contributed by atoms with Crippen molar-refractivity contribution in [1.29, 1.82) is 0 Å². The summed E-state index contributed by atoms with van der Waals surface area (Å²) in [4.78, 5) is 28.2. The number of esters is 1. The van der Waals surface area contributed by atoms with Gasteiger partial charge in [-0.25, -0.2) is 0 Å². The topological polar surface area (TPSA) is 49.9 Å². The molecule has 0 aromatic heterocycles. The molecule has 0 N–H and O–H groups in total. The molecule has 2 aliphatic heterocycles. The third kappa shape index (κ3) is 2.98. The van der Waals surface area contributed by atoms with Crippen LogP contribution in [0, 0.1) is 0 Å². The van der Waals surface area contributed by atoms with Crippen LogP contribution in [0.1, 0.15) is 30.7 Å². The van der Waals surface area contributed by atoms with Gasteiger partial charge in [0.25, 0.3) is 0 Å². The fourth-order valence-corrected chi connectivity index (χ4v) is 3.93. The van der Waals surface area contributed by atoms with E-state index in [2.05, 4.69) is 4.90 Å².